The molecule has 0 fully saturated rings. The molecule has 0 atom stereocenters. The summed E-state index contributed by atoms with van der Waals surface area (Å²) in [6.07, 6.45) is -0.198. The monoisotopic (exact) mass is 236 g/mol. The fourth-order valence-corrected chi connectivity index (χ4v) is 1.22. The number of ether oxygens (including phenoxy) is 1. The summed E-state index contributed by atoms with van der Waals surface area (Å²) < 4.78 is 5.28. The van der Waals surface area contributed by atoms with Gasteiger partial charge in [-0.15, -0.1) is 0 Å². The third kappa shape index (κ3) is 5.01. The number of carboxylic acids is 1. The maximum atomic E-state index is 11.3. The van der Waals surface area contributed by atoms with Gasteiger partial charge in [-0.05, 0) is 18.6 Å². The molecule has 1 aromatic carbocycles. The molecular weight excluding hydrogens is 222 g/mol. The van der Waals surface area contributed by atoms with E-state index in [1.165, 1.54) is 0 Å². The summed E-state index contributed by atoms with van der Waals surface area (Å²) in [4.78, 5) is 21.4. The molecule has 1 amide bonds. The number of carbonyl (C=O) groups is 2. The first kappa shape index (κ1) is 13.0. The van der Waals surface area contributed by atoms with Crippen molar-refractivity contribution < 1.29 is 19.4 Å². The second-order valence-electron chi connectivity index (χ2n) is 3.53. The van der Waals surface area contributed by atoms with Crippen LogP contribution < -0.4 is 15.2 Å². The first-order chi connectivity index (χ1) is 8.09. The Labute approximate surface area is 99.4 Å². The van der Waals surface area contributed by atoms with Gasteiger partial charge in [-0.2, -0.15) is 0 Å². The molecule has 0 aliphatic carbocycles. The van der Waals surface area contributed by atoms with Crippen LogP contribution in [0, 0.1) is 6.92 Å². The van der Waals surface area contributed by atoms with E-state index in [0.717, 1.165) is 5.56 Å². The highest BCUT2D eigenvalue weighted by atomic mass is 16.5. The molecule has 0 radical (unpaired) electrons. The summed E-state index contributed by atoms with van der Waals surface area (Å²) in [6.45, 7) is 1.81. The van der Waals surface area contributed by atoms with Gasteiger partial charge < -0.3 is 20.0 Å². The SMILES string of the molecule is Cc1ccccc1OCC(=O)NCCC(=O)[O-]. The van der Waals surface area contributed by atoms with Crippen molar-refractivity contribution in [3.05, 3.63) is 29.8 Å². The van der Waals surface area contributed by atoms with Crippen LogP contribution in [0.5, 0.6) is 5.75 Å². The maximum Gasteiger partial charge on any atom is 0.257 e. The number of nitrogens with one attached hydrogen (secondary N) is 1. The molecule has 0 spiro atoms. The van der Waals surface area contributed by atoms with Crippen molar-refractivity contribution in [1.29, 1.82) is 0 Å². The molecule has 1 N–H and O–H groups in total. The highest BCUT2D eigenvalue weighted by molar-refractivity contribution is 5.78. The van der Waals surface area contributed by atoms with Gasteiger partial charge in [0, 0.05) is 18.9 Å². The highest BCUT2D eigenvalue weighted by Gasteiger charge is 2.03. The van der Waals surface area contributed by atoms with Crippen molar-refractivity contribution in [2.75, 3.05) is 13.2 Å². The van der Waals surface area contributed by atoms with Crippen molar-refractivity contribution in [2.45, 2.75) is 13.3 Å². The maximum absolute atomic E-state index is 11.3. The van der Waals surface area contributed by atoms with Crippen LogP contribution in [0.1, 0.15) is 12.0 Å². The van der Waals surface area contributed by atoms with Crippen LogP contribution in [0.2, 0.25) is 0 Å². The van der Waals surface area contributed by atoms with Gasteiger partial charge in [0.2, 0.25) is 0 Å². The molecule has 0 unspecified atom stereocenters. The number of carboxylic acid groups (broad SMARTS) is 1. The molecule has 0 aliphatic rings. The van der Waals surface area contributed by atoms with Gasteiger partial charge in [-0.25, -0.2) is 0 Å². The Balaban J connectivity index is 2.29. The number of aliphatic carboxylic acids is 1. The molecule has 0 saturated heterocycles. The number of carbonyl (C=O) groups excluding carboxylic acids is 2. The second kappa shape index (κ2) is 6.52. The van der Waals surface area contributed by atoms with E-state index in [2.05, 4.69) is 5.32 Å². The van der Waals surface area contributed by atoms with E-state index in [9.17, 15) is 14.7 Å². The molecule has 0 bridgehead atoms. The summed E-state index contributed by atoms with van der Waals surface area (Å²) in [5.74, 6) is -0.901. The molecule has 0 heterocycles. The van der Waals surface area contributed by atoms with Crippen LogP contribution in [0.15, 0.2) is 24.3 Å². The van der Waals surface area contributed by atoms with E-state index < -0.39 is 5.97 Å². The number of hydrogen-bond acceptors (Lipinski definition) is 4. The number of aryl methyl sites for hydroxylation is 1. The minimum absolute atomic E-state index is 0.0539. The van der Waals surface area contributed by atoms with Crippen LogP contribution in [0.4, 0.5) is 0 Å². The van der Waals surface area contributed by atoms with E-state index >= 15 is 0 Å². The van der Waals surface area contributed by atoms with Crippen LogP contribution in [-0.2, 0) is 9.59 Å². The Kier molecular flexibility index (Phi) is 5.00. The predicted octanol–water partition coefficient (Wildman–Crippen LogP) is -0.370. The predicted molar refractivity (Wildman–Crippen MR) is 59.3 cm³/mol. The number of para-hydroxylation sites is 1. The molecule has 92 valence electrons. The van der Waals surface area contributed by atoms with Crippen molar-refractivity contribution in [2.24, 2.45) is 0 Å². The Morgan fingerprint density at radius 1 is 1.35 bits per heavy atom. The molecule has 0 aromatic heterocycles. The third-order valence-corrected chi connectivity index (χ3v) is 2.10. The lowest BCUT2D eigenvalue weighted by Gasteiger charge is -2.09. The van der Waals surface area contributed by atoms with Crippen molar-refractivity contribution in [1.82, 2.24) is 5.32 Å². The molecule has 17 heavy (non-hydrogen) atoms. The van der Waals surface area contributed by atoms with Gasteiger partial charge in [-0.3, -0.25) is 4.79 Å². The van der Waals surface area contributed by atoms with Gasteiger partial charge in [0.15, 0.2) is 6.61 Å². The highest BCUT2D eigenvalue weighted by Crippen LogP contribution is 2.15. The molecule has 0 saturated carbocycles. The van der Waals surface area contributed by atoms with Crippen molar-refractivity contribution >= 4 is 11.9 Å². The zero-order valence-corrected chi connectivity index (χ0v) is 9.56. The number of amides is 1. The van der Waals surface area contributed by atoms with Crippen molar-refractivity contribution in [3.63, 3.8) is 0 Å². The summed E-state index contributed by atoms with van der Waals surface area (Å²) >= 11 is 0. The molecule has 0 aliphatic heterocycles. The fourth-order valence-electron chi connectivity index (χ4n) is 1.22. The number of hydrogen-bond donors (Lipinski definition) is 1. The smallest absolute Gasteiger partial charge is 0.257 e. The Morgan fingerprint density at radius 2 is 2.06 bits per heavy atom. The van der Waals surface area contributed by atoms with E-state index in [0.29, 0.717) is 5.75 Å². The lowest BCUT2D eigenvalue weighted by atomic mass is 10.2. The van der Waals surface area contributed by atoms with Gasteiger partial charge in [0.1, 0.15) is 5.75 Å². The summed E-state index contributed by atoms with van der Waals surface area (Å²) in [7, 11) is 0. The van der Waals surface area contributed by atoms with Gasteiger partial charge in [0.25, 0.3) is 5.91 Å². The number of benzene rings is 1. The van der Waals surface area contributed by atoms with Crippen LogP contribution in [-0.4, -0.2) is 25.0 Å². The minimum Gasteiger partial charge on any atom is -0.550 e. The number of rotatable bonds is 6. The lowest BCUT2D eigenvalue weighted by Crippen LogP contribution is -2.33. The summed E-state index contributed by atoms with van der Waals surface area (Å²) in [6, 6.07) is 7.34. The summed E-state index contributed by atoms with van der Waals surface area (Å²) in [5.41, 5.74) is 0.940. The molecule has 5 nitrogen and oxygen atoms in total. The second-order valence-corrected chi connectivity index (χ2v) is 3.53. The standard InChI is InChI=1S/C12H15NO4/c1-9-4-2-3-5-10(9)17-8-11(14)13-7-6-12(15)16/h2-5H,6-8H2,1H3,(H,13,14)(H,15,16)/p-1. The summed E-state index contributed by atoms with van der Waals surface area (Å²) in [5, 5.41) is 12.5. The minimum atomic E-state index is -1.19. The quantitative estimate of drug-likeness (QED) is 0.731. The first-order valence-electron chi connectivity index (χ1n) is 5.24. The first-order valence-corrected chi connectivity index (χ1v) is 5.24. The zero-order valence-electron chi connectivity index (χ0n) is 9.56. The Morgan fingerprint density at radius 3 is 2.71 bits per heavy atom. The zero-order chi connectivity index (χ0) is 12.7. The Bertz CT molecular complexity index is 403. The van der Waals surface area contributed by atoms with Crippen LogP contribution in [0.25, 0.3) is 0 Å². The lowest BCUT2D eigenvalue weighted by molar-refractivity contribution is -0.305. The molecular formula is C12H14NO4-. The van der Waals surface area contributed by atoms with E-state index in [-0.39, 0.29) is 25.5 Å². The topological polar surface area (TPSA) is 78.5 Å². The molecule has 1 aromatic rings. The van der Waals surface area contributed by atoms with Gasteiger partial charge in [-0.1, -0.05) is 18.2 Å². The average molecular weight is 236 g/mol. The van der Waals surface area contributed by atoms with Crippen LogP contribution in [0.3, 0.4) is 0 Å². The van der Waals surface area contributed by atoms with E-state index in [1.807, 2.05) is 25.1 Å². The van der Waals surface area contributed by atoms with Crippen LogP contribution >= 0.6 is 0 Å². The normalized spacial score (nSPS) is 9.71. The Hall–Kier alpha value is -2.04. The molecule has 5 heteroatoms. The third-order valence-electron chi connectivity index (χ3n) is 2.10. The molecule has 1 rings (SSSR count). The van der Waals surface area contributed by atoms with Gasteiger partial charge >= 0.3 is 0 Å². The average Bonchev–Trinajstić information content (AvgIpc) is 2.27. The van der Waals surface area contributed by atoms with Gasteiger partial charge in [0.05, 0.1) is 0 Å². The van der Waals surface area contributed by atoms with Crippen molar-refractivity contribution in [3.8, 4) is 5.75 Å². The van der Waals surface area contributed by atoms with E-state index in [1.54, 1.807) is 6.07 Å². The van der Waals surface area contributed by atoms with E-state index in [4.69, 9.17) is 4.74 Å². The largest absolute Gasteiger partial charge is 0.550 e. The fraction of sp³-hybridized carbons (Fsp3) is 0.333.